The van der Waals surface area contributed by atoms with Crippen LogP contribution in [0.5, 0.6) is 0 Å². The van der Waals surface area contributed by atoms with Gasteiger partial charge in [-0.05, 0) is 51.5 Å². The lowest BCUT2D eigenvalue weighted by atomic mass is 10.1. The zero-order valence-electron chi connectivity index (χ0n) is 25.8. The number of amides is 3. The Morgan fingerprint density at radius 1 is 0.773 bits per heavy atom. The van der Waals surface area contributed by atoms with Crippen molar-refractivity contribution < 1.29 is 53.5 Å². The number of carboxylic acids is 3. The average Bonchev–Trinajstić information content (AvgIpc) is 2.95. The predicted octanol–water partition coefficient (Wildman–Crippen LogP) is 1.58. The van der Waals surface area contributed by atoms with Crippen molar-refractivity contribution in [2.24, 2.45) is 11.2 Å². The van der Waals surface area contributed by atoms with Gasteiger partial charge in [0.1, 0.15) is 6.04 Å². The van der Waals surface area contributed by atoms with Crippen molar-refractivity contribution >= 4 is 44.7 Å². The minimum atomic E-state index is -1.84. The van der Waals surface area contributed by atoms with Gasteiger partial charge in [0.25, 0.3) is 0 Å². The molecule has 44 heavy (non-hydrogen) atoms. The first-order valence-electron chi connectivity index (χ1n) is 14.9. The van der Waals surface area contributed by atoms with E-state index >= 15 is 0 Å². The van der Waals surface area contributed by atoms with Gasteiger partial charge in [-0.25, -0.2) is 4.79 Å². The van der Waals surface area contributed by atoms with E-state index in [-0.39, 0.29) is 43.9 Å². The molecule has 0 radical (unpaired) electrons. The van der Waals surface area contributed by atoms with Gasteiger partial charge in [-0.2, -0.15) is 0 Å². The number of unbranched alkanes of at least 4 members (excludes halogenated alkanes) is 6. The Morgan fingerprint density at radius 3 is 1.80 bits per heavy atom. The van der Waals surface area contributed by atoms with Crippen LogP contribution >= 0.6 is 8.53 Å². The van der Waals surface area contributed by atoms with Crippen LogP contribution in [0.3, 0.4) is 0 Å². The average molecular weight is 656 g/mol. The van der Waals surface area contributed by atoms with E-state index in [9.17, 15) is 28.8 Å². The van der Waals surface area contributed by atoms with Crippen LogP contribution in [0, 0.1) is 0 Å². The smallest absolute Gasteiger partial charge is 0.326 e. The van der Waals surface area contributed by atoms with E-state index in [2.05, 4.69) is 22.9 Å². The highest BCUT2D eigenvalue weighted by Gasteiger charge is 2.17. The molecule has 16 nitrogen and oxygen atoms in total. The molecule has 0 aliphatic rings. The third kappa shape index (κ3) is 41.2. The molecule has 258 valence electrons. The Balaban J connectivity index is -0.000000616. The number of nitrogens with one attached hydrogen (secondary N) is 3. The zero-order chi connectivity index (χ0) is 34.0. The fourth-order valence-electron chi connectivity index (χ4n) is 3.20. The van der Waals surface area contributed by atoms with Crippen LogP contribution in [0.25, 0.3) is 0 Å². The standard InChI is InChI=1S/C12H26N2O.C10H20N3O6P.C5H8O4/c1-2-3-4-8-11-14-12(15)9-6-5-7-10-13;11-20(18)19-6-2-1-5-12-9(15)4-3-8(10(16)17)13-7-14;6-4(7)2-1-3-5(8)9/h2-11,13H2,1H3,(H,14,15);7-8,18H,1-6,11H2,(H,12,15)(H,13,14)(H,16,17);1-3H2,(H,6,7)(H,8,9). The fraction of sp³-hybridized carbons (Fsp3) is 0.778. The topological polar surface area (TPSA) is 281 Å². The van der Waals surface area contributed by atoms with Crippen LogP contribution in [0.4, 0.5) is 0 Å². The van der Waals surface area contributed by atoms with E-state index in [1.54, 1.807) is 0 Å². The highest BCUT2D eigenvalue weighted by Crippen LogP contribution is 2.19. The summed E-state index contributed by atoms with van der Waals surface area (Å²) in [4.78, 5) is 71.8. The molecule has 3 amide bonds. The van der Waals surface area contributed by atoms with E-state index in [1.165, 1.54) is 19.3 Å². The summed E-state index contributed by atoms with van der Waals surface area (Å²) in [5.41, 5.74) is 10.4. The molecule has 0 aromatic carbocycles. The maximum Gasteiger partial charge on any atom is 0.326 e. The van der Waals surface area contributed by atoms with Crippen LogP contribution in [-0.2, 0) is 33.3 Å². The quantitative estimate of drug-likeness (QED) is 0.0364. The number of hydrogen-bond donors (Lipinski definition) is 9. The molecule has 0 fully saturated rings. The van der Waals surface area contributed by atoms with E-state index in [4.69, 9.17) is 36.0 Å². The van der Waals surface area contributed by atoms with Crippen molar-refractivity contribution in [3.63, 3.8) is 0 Å². The van der Waals surface area contributed by atoms with Gasteiger partial charge in [0.05, 0.1) is 6.61 Å². The number of carbonyl (C=O) groups excluding carboxylic acids is 3. The summed E-state index contributed by atoms with van der Waals surface area (Å²) in [5.74, 6) is -3.16. The van der Waals surface area contributed by atoms with E-state index in [1.807, 2.05) is 0 Å². The molecule has 0 aliphatic carbocycles. The molecule has 17 heteroatoms. The predicted molar refractivity (Wildman–Crippen MR) is 165 cm³/mol. The molecule has 0 saturated heterocycles. The van der Waals surface area contributed by atoms with Gasteiger partial charge in [0, 0.05) is 38.8 Å². The maximum atomic E-state index is 11.4. The summed E-state index contributed by atoms with van der Waals surface area (Å²) >= 11 is 0. The second kappa shape index (κ2) is 34.6. The number of rotatable bonds is 26. The van der Waals surface area contributed by atoms with Crippen molar-refractivity contribution in [3.05, 3.63) is 0 Å². The third-order valence-electron chi connectivity index (χ3n) is 5.59. The second-order valence-electron chi connectivity index (χ2n) is 9.56. The molecule has 11 N–H and O–H groups in total. The van der Waals surface area contributed by atoms with Crippen LogP contribution < -0.4 is 27.2 Å². The molecule has 0 aromatic heterocycles. The number of nitrogens with two attached hydrogens (primary N) is 2. The number of carboxylic acid groups (broad SMARTS) is 3. The van der Waals surface area contributed by atoms with Gasteiger partial charge in [0.2, 0.25) is 26.8 Å². The monoisotopic (exact) mass is 655 g/mol. The fourth-order valence-corrected chi connectivity index (χ4v) is 3.52. The zero-order valence-corrected chi connectivity index (χ0v) is 26.7. The molecule has 2 unspecified atom stereocenters. The van der Waals surface area contributed by atoms with Gasteiger partial charge in [-0.1, -0.05) is 32.6 Å². The molecular weight excluding hydrogens is 601 g/mol. The molecule has 0 aromatic rings. The Bertz CT molecular complexity index is 762. The minimum absolute atomic E-state index is 0.0129. The number of carbonyl (C=O) groups is 6. The summed E-state index contributed by atoms with van der Waals surface area (Å²) in [6.45, 7) is 4.51. The maximum absolute atomic E-state index is 11.4. The van der Waals surface area contributed by atoms with Crippen molar-refractivity contribution in [3.8, 4) is 0 Å². The SMILES string of the molecule is CCCCCCNC(=O)CCCCCN.NP(O)OCCCCNC(=O)CCC(NC=O)C(=O)O.O=C(O)CCCC(=O)O. The largest absolute Gasteiger partial charge is 0.481 e. The summed E-state index contributed by atoms with van der Waals surface area (Å²) in [6, 6.07) is -1.06. The summed E-state index contributed by atoms with van der Waals surface area (Å²) < 4.78 is 4.76. The Labute approximate surface area is 261 Å². The number of hydrogen-bond acceptors (Lipinski definition) is 10. The highest BCUT2D eigenvalue weighted by molar-refractivity contribution is 7.43. The first-order chi connectivity index (χ1) is 20.9. The Hall–Kier alpha value is -2.91. The molecule has 0 aliphatic heterocycles. The van der Waals surface area contributed by atoms with Crippen LogP contribution in [0.15, 0.2) is 0 Å². The molecule has 0 bridgehead atoms. The Morgan fingerprint density at radius 2 is 1.32 bits per heavy atom. The molecular formula is C27H54N5O11P. The van der Waals surface area contributed by atoms with Gasteiger partial charge in [-0.15, -0.1) is 0 Å². The van der Waals surface area contributed by atoms with Crippen molar-refractivity contribution in [1.82, 2.24) is 16.0 Å². The number of aliphatic carboxylic acids is 3. The summed E-state index contributed by atoms with van der Waals surface area (Å²) in [6.07, 6.45) is 10.3. The van der Waals surface area contributed by atoms with E-state index in [0.717, 1.165) is 38.8 Å². The summed E-state index contributed by atoms with van der Waals surface area (Å²) in [7, 11) is -1.84. The van der Waals surface area contributed by atoms with Crippen molar-refractivity contribution in [2.75, 3.05) is 26.2 Å². The minimum Gasteiger partial charge on any atom is -0.481 e. The first kappa shape index (κ1) is 45.5. The second-order valence-corrected chi connectivity index (χ2v) is 10.4. The van der Waals surface area contributed by atoms with Gasteiger partial charge < -0.3 is 46.4 Å². The van der Waals surface area contributed by atoms with E-state index in [0.29, 0.717) is 38.8 Å². The molecule has 0 rings (SSSR count). The van der Waals surface area contributed by atoms with Gasteiger partial charge in [0.15, 0.2) is 0 Å². The Kier molecular flexibility index (Phi) is 35.8. The van der Waals surface area contributed by atoms with Crippen LogP contribution in [-0.4, -0.2) is 88.6 Å². The van der Waals surface area contributed by atoms with Gasteiger partial charge in [-0.3, -0.25) is 29.5 Å². The molecule has 2 atom stereocenters. The van der Waals surface area contributed by atoms with E-state index < -0.39 is 32.5 Å². The van der Waals surface area contributed by atoms with Crippen molar-refractivity contribution in [2.45, 2.75) is 109 Å². The third-order valence-corrected chi connectivity index (χ3v) is 6.03. The lowest BCUT2D eigenvalue weighted by Crippen LogP contribution is -2.37. The summed E-state index contributed by atoms with van der Waals surface area (Å²) in [5, 5.41) is 32.5. The molecule has 0 saturated carbocycles. The van der Waals surface area contributed by atoms with Crippen molar-refractivity contribution in [1.29, 1.82) is 0 Å². The molecule has 0 spiro atoms. The highest BCUT2D eigenvalue weighted by atomic mass is 31.2. The lowest BCUT2D eigenvalue weighted by Gasteiger charge is -2.11. The lowest BCUT2D eigenvalue weighted by molar-refractivity contribution is -0.141. The normalized spacial score (nSPS) is 11.4. The first-order valence-corrected chi connectivity index (χ1v) is 16.1. The molecule has 0 heterocycles. The van der Waals surface area contributed by atoms with Crippen LogP contribution in [0.1, 0.15) is 103 Å². The van der Waals surface area contributed by atoms with Gasteiger partial charge >= 0.3 is 17.9 Å². The van der Waals surface area contributed by atoms with Crippen LogP contribution in [0.2, 0.25) is 0 Å².